The molecule has 0 unspecified atom stereocenters. The number of aryl methyl sites for hydroxylation is 1. The van der Waals surface area contributed by atoms with Crippen LogP contribution in [-0.2, 0) is 13.0 Å². The Bertz CT molecular complexity index is 550. The van der Waals surface area contributed by atoms with E-state index in [1.165, 1.54) is 17.8 Å². The minimum atomic E-state index is 0. The summed E-state index contributed by atoms with van der Waals surface area (Å²) in [4.78, 5) is 4.84. The second-order valence-electron chi connectivity index (χ2n) is 7.09. The van der Waals surface area contributed by atoms with Gasteiger partial charge in [0.2, 0.25) is 0 Å². The zero-order valence-corrected chi connectivity index (χ0v) is 14.1. The van der Waals surface area contributed by atoms with E-state index in [2.05, 4.69) is 63.5 Å². The Morgan fingerprint density at radius 2 is 1.80 bits per heavy atom. The van der Waals surface area contributed by atoms with Crippen molar-refractivity contribution in [1.82, 2.24) is 9.55 Å². The zero-order valence-electron chi connectivity index (χ0n) is 13.3. The van der Waals surface area contributed by atoms with Crippen molar-refractivity contribution in [1.29, 1.82) is 0 Å². The van der Waals surface area contributed by atoms with Crippen molar-refractivity contribution in [3.8, 4) is 0 Å². The fraction of sp³-hybridized carbons (Fsp3) is 0.588. The molecule has 0 fully saturated rings. The van der Waals surface area contributed by atoms with Crippen molar-refractivity contribution in [2.45, 2.75) is 54.0 Å². The molecule has 2 aromatic rings. The first-order valence-electron chi connectivity index (χ1n) is 7.31. The quantitative estimate of drug-likeness (QED) is 0.768. The molecule has 1 aromatic heterocycles. The van der Waals surface area contributed by atoms with E-state index in [-0.39, 0.29) is 17.8 Å². The van der Waals surface area contributed by atoms with Crippen molar-refractivity contribution >= 4 is 23.4 Å². The molecule has 0 N–H and O–H groups in total. The molecule has 1 heterocycles. The van der Waals surface area contributed by atoms with Crippen LogP contribution in [0.3, 0.4) is 0 Å². The van der Waals surface area contributed by atoms with Crippen molar-refractivity contribution in [3.63, 3.8) is 0 Å². The Morgan fingerprint density at radius 1 is 1.15 bits per heavy atom. The number of imidazole rings is 1. The number of halogens is 1. The third kappa shape index (κ3) is 4.24. The number of hydrogen-bond donors (Lipinski definition) is 0. The largest absolute Gasteiger partial charge is 0.328 e. The van der Waals surface area contributed by atoms with Gasteiger partial charge in [0, 0.05) is 13.0 Å². The van der Waals surface area contributed by atoms with E-state index in [9.17, 15) is 0 Å². The summed E-state index contributed by atoms with van der Waals surface area (Å²) in [6.45, 7) is 12.5. The molecule has 0 aliphatic rings. The molecule has 0 atom stereocenters. The van der Waals surface area contributed by atoms with E-state index in [1.807, 2.05) is 0 Å². The number of benzene rings is 1. The molecule has 0 aliphatic heterocycles. The van der Waals surface area contributed by atoms with Gasteiger partial charge in [-0.05, 0) is 29.9 Å². The van der Waals surface area contributed by atoms with Crippen molar-refractivity contribution in [2.75, 3.05) is 0 Å². The first-order valence-corrected chi connectivity index (χ1v) is 7.31. The molecule has 0 spiro atoms. The molecule has 1 aromatic carbocycles. The number of nitrogens with zero attached hydrogens (tertiary/aromatic N) is 2. The molecule has 0 bridgehead atoms. The van der Waals surface area contributed by atoms with E-state index in [4.69, 9.17) is 4.98 Å². The highest BCUT2D eigenvalue weighted by Crippen LogP contribution is 2.24. The average Bonchev–Trinajstić information content (AvgIpc) is 2.61. The summed E-state index contributed by atoms with van der Waals surface area (Å²) in [5, 5.41) is 0. The molecule has 0 saturated heterocycles. The van der Waals surface area contributed by atoms with Gasteiger partial charge in [0.1, 0.15) is 5.82 Å². The van der Waals surface area contributed by atoms with Crippen LogP contribution in [0.5, 0.6) is 0 Å². The van der Waals surface area contributed by atoms with Crippen LogP contribution >= 0.6 is 12.4 Å². The maximum Gasteiger partial charge on any atom is 0.110 e. The summed E-state index contributed by atoms with van der Waals surface area (Å²) in [5.74, 6) is 1.96. The van der Waals surface area contributed by atoms with E-state index >= 15 is 0 Å². The lowest BCUT2D eigenvalue weighted by molar-refractivity contribution is 0.388. The number of para-hydroxylation sites is 2. The van der Waals surface area contributed by atoms with Gasteiger partial charge in [0.15, 0.2) is 0 Å². The standard InChI is InChI=1S/C17H26N2.ClH/c1-13(2)10-11-19-15-9-7-6-8-14(15)18-16(19)12-17(3,4)5;/h6-9,13H,10-12H2,1-5H3;1H. The summed E-state index contributed by atoms with van der Waals surface area (Å²) in [7, 11) is 0. The van der Waals surface area contributed by atoms with Gasteiger partial charge in [-0.15, -0.1) is 12.4 Å². The lowest BCUT2D eigenvalue weighted by Crippen LogP contribution is -2.15. The second-order valence-corrected chi connectivity index (χ2v) is 7.09. The highest BCUT2D eigenvalue weighted by molar-refractivity contribution is 5.85. The van der Waals surface area contributed by atoms with Gasteiger partial charge in [0.05, 0.1) is 11.0 Å². The van der Waals surface area contributed by atoms with Crippen LogP contribution in [0.4, 0.5) is 0 Å². The molecule has 2 rings (SSSR count). The number of hydrogen-bond acceptors (Lipinski definition) is 1. The van der Waals surface area contributed by atoms with Gasteiger partial charge in [-0.3, -0.25) is 0 Å². The van der Waals surface area contributed by atoms with E-state index in [0.717, 1.165) is 24.4 Å². The average molecular weight is 295 g/mol. The van der Waals surface area contributed by atoms with Gasteiger partial charge in [0.25, 0.3) is 0 Å². The van der Waals surface area contributed by atoms with Gasteiger partial charge >= 0.3 is 0 Å². The maximum atomic E-state index is 4.84. The molecule has 2 nitrogen and oxygen atoms in total. The van der Waals surface area contributed by atoms with Gasteiger partial charge in [-0.25, -0.2) is 4.98 Å². The minimum absolute atomic E-state index is 0. The maximum absolute atomic E-state index is 4.84. The molecule has 0 saturated carbocycles. The molecular formula is C17H27ClN2. The Morgan fingerprint density at radius 3 is 2.40 bits per heavy atom. The number of aromatic nitrogens is 2. The van der Waals surface area contributed by atoms with Gasteiger partial charge in [-0.1, -0.05) is 46.8 Å². The van der Waals surface area contributed by atoms with Crippen LogP contribution in [-0.4, -0.2) is 9.55 Å². The normalized spacial score (nSPS) is 11.9. The van der Waals surface area contributed by atoms with Crippen LogP contribution in [0.25, 0.3) is 11.0 Å². The molecule has 20 heavy (non-hydrogen) atoms. The molecule has 3 heteroatoms. The van der Waals surface area contributed by atoms with Crippen molar-refractivity contribution in [3.05, 3.63) is 30.1 Å². The highest BCUT2D eigenvalue weighted by Gasteiger charge is 2.18. The SMILES string of the molecule is CC(C)CCn1c(CC(C)(C)C)nc2ccccc21.Cl. The van der Waals surface area contributed by atoms with Gasteiger partial charge < -0.3 is 4.57 Å². The Hall–Kier alpha value is -1.02. The van der Waals surface area contributed by atoms with E-state index < -0.39 is 0 Å². The monoisotopic (exact) mass is 294 g/mol. The summed E-state index contributed by atoms with van der Waals surface area (Å²) in [6.07, 6.45) is 2.23. The summed E-state index contributed by atoms with van der Waals surface area (Å²) in [5.41, 5.74) is 2.68. The Balaban J connectivity index is 0.00000200. The highest BCUT2D eigenvalue weighted by atomic mass is 35.5. The van der Waals surface area contributed by atoms with E-state index in [0.29, 0.717) is 0 Å². The number of fused-ring (bicyclic) bond motifs is 1. The third-order valence-electron chi connectivity index (χ3n) is 3.35. The molecule has 0 aliphatic carbocycles. The van der Waals surface area contributed by atoms with E-state index in [1.54, 1.807) is 0 Å². The lowest BCUT2D eigenvalue weighted by atomic mass is 9.92. The molecule has 0 amide bonds. The predicted molar refractivity (Wildman–Crippen MR) is 89.6 cm³/mol. The van der Waals surface area contributed by atoms with Crippen LogP contribution in [0.1, 0.15) is 46.9 Å². The zero-order chi connectivity index (χ0) is 14.0. The fourth-order valence-corrected chi connectivity index (χ4v) is 2.37. The van der Waals surface area contributed by atoms with Gasteiger partial charge in [-0.2, -0.15) is 0 Å². The number of rotatable bonds is 4. The molecule has 0 radical (unpaired) electrons. The smallest absolute Gasteiger partial charge is 0.110 e. The molecular weight excluding hydrogens is 268 g/mol. The van der Waals surface area contributed by atoms with Crippen molar-refractivity contribution in [2.24, 2.45) is 11.3 Å². The van der Waals surface area contributed by atoms with Crippen molar-refractivity contribution < 1.29 is 0 Å². The van der Waals surface area contributed by atoms with Crippen LogP contribution in [0.2, 0.25) is 0 Å². The predicted octanol–water partition coefficient (Wildman–Crippen LogP) is 5.09. The first-order chi connectivity index (χ1) is 8.87. The van der Waals surface area contributed by atoms with Crippen LogP contribution < -0.4 is 0 Å². The minimum Gasteiger partial charge on any atom is -0.328 e. The lowest BCUT2D eigenvalue weighted by Gasteiger charge is -2.19. The van der Waals surface area contributed by atoms with Crippen LogP contribution in [0, 0.1) is 11.3 Å². The second kappa shape index (κ2) is 6.62. The first kappa shape index (κ1) is 17.0. The summed E-state index contributed by atoms with van der Waals surface area (Å²) < 4.78 is 2.42. The summed E-state index contributed by atoms with van der Waals surface area (Å²) >= 11 is 0. The Kier molecular flexibility index (Phi) is 5.64. The topological polar surface area (TPSA) is 17.8 Å². The third-order valence-corrected chi connectivity index (χ3v) is 3.35. The molecule has 112 valence electrons. The summed E-state index contributed by atoms with van der Waals surface area (Å²) in [6, 6.07) is 8.49. The van der Waals surface area contributed by atoms with Crippen LogP contribution in [0.15, 0.2) is 24.3 Å². The Labute approximate surface area is 129 Å². The fourth-order valence-electron chi connectivity index (χ4n) is 2.37.